The fourth-order valence-corrected chi connectivity index (χ4v) is 1.66. The minimum Gasteiger partial charge on any atom is -0.495 e. The maximum Gasteiger partial charge on any atom is 0.251 e. The Morgan fingerprint density at radius 2 is 2.14 bits per heavy atom. The van der Waals surface area contributed by atoms with Crippen LogP contribution in [0.1, 0.15) is 28.8 Å². The quantitative estimate of drug-likeness (QED) is 0.506. The molecule has 0 fully saturated rings. The van der Waals surface area contributed by atoms with Gasteiger partial charge in [0.25, 0.3) is 5.91 Å². The number of nitrogens with one attached hydrogen (secondary N) is 1. The van der Waals surface area contributed by atoms with Crippen LogP contribution >= 0.6 is 0 Å². The van der Waals surface area contributed by atoms with Crippen molar-refractivity contribution in [1.29, 1.82) is 0 Å². The SMILES string of the molecule is COc1ccc(C(=O)NCCCC(N)=O)cc1C#CCN. The van der Waals surface area contributed by atoms with Crippen LogP contribution in [0.2, 0.25) is 0 Å². The number of hydrogen-bond donors (Lipinski definition) is 3. The molecule has 0 aliphatic carbocycles. The number of primary amides is 1. The van der Waals surface area contributed by atoms with Gasteiger partial charge in [0.2, 0.25) is 5.91 Å². The first kappa shape index (κ1) is 16.5. The number of carbonyl (C=O) groups is 2. The average molecular weight is 289 g/mol. The minimum atomic E-state index is -0.381. The minimum absolute atomic E-state index is 0.229. The molecule has 112 valence electrons. The number of ether oxygens (including phenoxy) is 1. The van der Waals surface area contributed by atoms with E-state index in [-0.39, 0.29) is 24.8 Å². The molecule has 1 aromatic carbocycles. The van der Waals surface area contributed by atoms with Gasteiger partial charge in [-0.3, -0.25) is 9.59 Å². The molecular formula is C15H19N3O3. The highest BCUT2D eigenvalue weighted by Gasteiger charge is 2.09. The lowest BCUT2D eigenvalue weighted by atomic mass is 10.1. The highest BCUT2D eigenvalue weighted by atomic mass is 16.5. The summed E-state index contributed by atoms with van der Waals surface area (Å²) in [5.74, 6) is 5.55. The number of amides is 2. The normalized spacial score (nSPS) is 9.43. The molecule has 6 nitrogen and oxygen atoms in total. The van der Waals surface area contributed by atoms with Crippen LogP contribution in [0.3, 0.4) is 0 Å². The molecule has 6 heteroatoms. The summed E-state index contributed by atoms with van der Waals surface area (Å²) in [6.07, 6.45) is 0.757. The van der Waals surface area contributed by atoms with Crippen LogP contribution in [0, 0.1) is 11.8 Å². The Bertz CT molecular complexity index is 573. The molecule has 0 heterocycles. The Labute approximate surface area is 123 Å². The summed E-state index contributed by atoms with van der Waals surface area (Å²) in [7, 11) is 1.53. The van der Waals surface area contributed by atoms with Gasteiger partial charge >= 0.3 is 0 Å². The van der Waals surface area contributed by atoms with Crippen molar-refractivity contribution in [3.63, 3.8) is 0 Å². The maximum atomic E-state index is 12.0. The van der Waals surface area contributed by atoms with Crippen LogP contribution in [0.25, 0.3) is 0 Å². The molecule has 0 atom stereocenters. The predicted molar refractivity (Wildman–Crippen MR) is 79.7 cm³/mol. The molecule has 0 bridgehead atoms. The van der Waals surface area contributed by atoms with Gasteiger partial charge in [-0.05, 0) is 24.6 Å². The molecule has 0 spiro atoms. The van der Waals surface area contributed by atoms with Crippen LogP contribution in [-0.2, 0) is 4.79 Å². The third kappa shape index (κ3) is 5.55. The average Bonchev–Trinajstić information content (AvgIpc) is 2.48. The number of carbonyl (C=O) groups excluding carboxylic acids is 2. The fourth-order valence-electron chi connectivity index (χ4n) is 1.66. The lowest BCUT2D eigenvalue weighted by Gasteiger charge is -2.07. The second-order valence-electron chi connectivity index (χ2n) is 4.25. The Morgan fingerprint density at radius 3 is 2.76 bits per heavy atom. The molecule has 0 radical (unpaired) electrons. The second kappa shape index (κ2) is 8.61. The summed E-state index contributed by atoms with van der Waals surface area (Å²) >= 11 is 0. The molecule has 0 saturated carbocycles. The van der Waals surface area contributed by atoms with Crippen LogP contribution in [0.4, 0.5) is 0 Å². The number of rotatable bonds is 6. The van der Waals surface area contributed by atoms with Crippen LogP contribution in [-0.4, -0.2) is 32.0 Å². The molecule has 0 aliphatic rings. The van der Waals surface area contributed by atoms with Gasteiger partial charge < -0.3 is 21.5 Å². The lowest BCUT2D eigenvalue weighted by molar-refractivity contribution is -0.118. The summed E-state index contributed by atoms with van der Waals surface area (Å²) in [6.45, 7) is 0.615. The molecule has 1 rings (SSSR count). The van der Waals surface area contributed by atoms with Gasteiger partial charge in [0, 0.05) is 18.5 Å². The van der Waals surface area contributed by atoms with Gasteiger partial charge in [-0.25, -0.2) is 0 Å². The molecule has 0 aromatic heterocycles. The number of hydrogen-bond acceptors (Lipinski definition) is 4. The molecule has 0 aliphatic heterocycles. The van der Waals surface area contributed by atoms with E-state index in [1.807, 2.05) is 0 Å². The number of methoxy groups -OCH3 is 1. The van der Waals surface area contributed by atoms with E-state index < -0.39 is 0 Å². The van der Waals surface area contributed by atoms with Crippen molar-refractivity contribution >= 4 is 11.8 Å². The monoisotopic (exact) mass is 289 g/mol. The summed E-state index contributed by atoms with van der Waals surface area (Å²) < 4.78 is 5.18. The molecule has 1 aromatic rings. The van der Waals surface area contributed by atoms with E-state index >= 15 is 0 Å². The molecule has 0 saturated heterocycles. The van der Waals surface area contributed by atoms with Gasteiger partial charge in [0.05, 0.1) is 19.2 Å². The van der Waals surface area contributed by atoms with Crippen molar-refractivity contribution in [2.24, 2.45) is 11.5 Å². The first-order valence-corrected chi connectivity index (χ1v) is 6.52. The van der Waals surface area contributed by atoms with Crippen LogP contribution < -0.4 is 21.5 Å². The summed E-state index contributed by atoms with van der Waals surface area (Å²) in [4.78, 5) is 22.6. The maximum absolute atomic E-state index is 12.0. The zero-order chi connectivity index (χ0) is 15.7. The smallest absolute Gasteiger partial charge is 0.251 e. The highest BCUT2D eigenvalue weighted by molar-refractivity contribution is 5.94. The number of benzene rings is 1. The molecule has 2 amide bonds. The van der Waals surface area contributed by atoms with E-state index in [1.54, 1.807) is 18.2 Å². The van der Waals surface area contributed by atoms with Crippen molar-refractivity contribution in [2.75, 3.05) is 20.2 Å². The van der Waals surface area contributed by atoms with Crippen molar-refractivity contribution in [3.8, 4) is 17.6 Å². The summed E-state index contributed by atoms with van der Waals surface area (Å²) in [5.41, 5.74) is 11.4. The Hall–Kier alpha value is -2.52. The van der Waals surface area contributed by atoms with Gasteiger partial charge in [-0.15, -0.1) is 0 Å². The van der Waals surface area contributed by atoms with Crippen LogP contribution in [0.15, 0.2) is 18.2 Å². The largest absolute Gasteiger partial charge is 0.495 e. The van der Waals surface area contributed by atoms with E-state index in [1.165, 1.54) is 7.11 Å². The Kier molecular flexibility index (Phi) is 6.78. The summed E-state index contributed by atoms with van der Waals surface area (Å²) in [6, 6.07) is 4.97. The molecule has 5 N–H and O–H groups in total. The second-order valence-corrected chi connectivity index (χ2v) is 4.25. The fraction of sp³-hybridized carbons (Fsp3) is 0.333. The van der Waals surface area contributed by atoms with Crippen LogP contribution in [0.5, 0.6) is 5.75 Å². The lowest BCUT2D eigenvalue weighted by Crippen LogP contribution is -2.25. The third-order valence-electron chi connectivity index (χ3n) is 2.67. The van der Waals surface area contributed by atoms with Gasteiger partial charge in [-0.2, -0.15) is 0 Å². The van der Waals surface area contributed by atoms with Crippen molar-refractivity contribution in [1.82, 2.24) is 5.32 Å². The van der Waals surface area contributed by atoms with E-state index in [4.69, 9.17) is 16.2 Å². The topological polar surface area (TPSA) is 107 Å². The summed E-state index contributed by atoms with van der Waals surface area (Å²) in [5, 5.41) is 2.71. The van der Waals surface area contributed by atoms with Gasteiger partial charge in [0.15, 0.2) is 0 Å². The molecule has 21 heavy (non-hydrogen) atoms. The van der Waals surface area contributed by atoms with Crippen molar-refractivity contribution in [3.05, 3.63) is 29.3 Å². The Morgan fingerprint density at radius 1 is 1.38 bits per heavy atom. The predicted octanol–water partition coefficient (Wildman–Crippen LogP) is 0.000700. The number of nitrogens with two attached hydrogens (primary N) is 2. The first-order chi connectivity index (χ1) is 10.1. The third-order valence-corrected chi connectivity index (χ3v) is 2.67. The van der Waals surface area contributed by atoms with Crippen molar-refractivity contribution in [2.45, 2.75) is 12.8 Å². The van der Waals surface area contributed by atoms with E-state index in [9.17, 15) is 9.59 Å². The standard InChI is InChI=1S/C15H19N3O3/c1-21-13-7-6-12(10-11(13)4-2-8-16)15(20)18-9-3-5-14(17)19/h6-7,10H,3,5,8-9,16H2,1H3,(H2,17,19)(H,18,20). The zero-order valence-electron chi connectivity index (χ0n) is 11.9. The highest BCUT2D eigenvalue weighted by Crippen LogP contribution is 2.18. The zero-order valence-corrected chi connectivity index (χ0v) is 11.9. The molecule has 0 unspecified atom stereocenters. The van der Waals surface area contributed by atoms with E-state index in [0.29, 0.717) is 29.8 Å². The Balaban J connectivity index is 2.74. The molecular weight excluding hydrogens is 270 g/mol. The van der Waals surface area contributed by atoms with Gasteiger partial charge in [0.1, 0.15) is 5.75 Å². The van der Waals surface area contributed by atoms with Crippen molar-refractivity contribution < 1.29 is 14.3 Å². The van der Waals surface area contributed by atoms with E-state index in [0.717, 1.165) is 0 Å². The first-order valence-electron chi connectivity index (χ1n) is 6.52. The van der Waals surface area contributed by atoms with Gasteiger partial charge in [-0.1, -0.05) is 11.8 Å². The van der Waals surface area contributed by atoms with E-state index in [2.05, 4.69) is 17.2 Å².